The van der Waals surface area contributed by atoms with Crippen LogP contribution in [0.25, 0.3) is 0 Å². The lowest BCUT2D eigenvalue weighted by Crippen LogP contribution is -2.37. The van der Waals surface area contributed by atoms with Gasteiger partial charge in [-0.25, -0.2) is 0 Å². The number of esters is 2. The van der Waals surface area contributed by atoms with Crippen molar-refractivity contribution in [1.29, 1.82) is 0 Å². The van der Waals surface area contributed by atoms with Crippen LogP contribution in [0.15, 0.2) is 12.1 Å². The number of ether oxygens (including phenoxy) is 4. The quantitative estimate of drug-likeness (QED) is 0.189. The smallest absolute Gasteiger partial charge is 0.311 e. The van der Waals surface area contributed by atoms with E-state index in [1.54, 1.807) is 27.7 Å². The van der Waals surface area contributed by atoms with Gasteiger partial charge in [0.2, 0.25) is 0 Å². The Morgan fingerprint density at radius 3 is 2.16 bits per heavy atom. The number of carbonyl (C=O) groups is 2. The minimum Gasteiger partial charge on any atom is -0.489 e. The summed E-state index contributed by atoms with van der Waals surface area (Å²) in [5, 5.41) is 10.2. The number of aliphatic hydroxyl groups excluding tert-OH is 1. The summed E-state index contributed by atoms with van der Waals surface area (Å²) in [6.07, 6.45) is -0.237. The van der Waals surface area contributed by atoms with Crippen LogP contribution in [0.4, 0.5) is 0 Å². The van der Waals surface area contributed by atoms with Crippen molar-refractivity contribution >= 4 is 79.7 Å². The highest BCUT2D eigenvalue weighted by atomic mass is 127. The second-order valence-electron chi connectivity index (χ2n) is 9.09. The van der Waals surface area contributed by atoms with E-state index in [2.05, 4.69) is 67.8 Å². The van der Waals surface area contributed by atoms with Gasteiger partial charge in [-0.3, -0.25) is 9.59 Å². The number of carbonyl (C=O) groups excluding carboxylic acids is 2. The lowest BCUT2D eigenvalue weighted by Gasteiger charge is -2.31. The van der Waals surface area contributed by atoms with Crippen LogP contribution in [-0.2, 0) is 23.8 Å². The minimum absolute atomic E-state index is 0.000661. The maximum atomic E-state index is 12.6. The summed E-state index contributed by atoms with van der Waals surface area (Å²) < 4.78 is 24.6. The second kappa shape index (κ2) is 12.2. The van der Waals surface area contributed by atoms with E-state index >= 15 is 0 Å². The molecule has 1 saturated heterocycles. The fourth-order valence-corrected chi connectivity index (χ4v) is 7.08. The van der Waals surface area contributed by atoms with Gasteiger partial charge < -0.3 is 24.1 Å². The lowest BCUT2D eigenvalue weighted by atomic mass is 9.75. The van der Waals surface area contributed by atoms with Crippen LogP contribution in [0.1, 0.15) is 40.5 Å². The summed E-state index contributed by atoms with van der Waals surface area (Å²) in [5.74, 6) is -0.0359. The summed E-state index contributed by atoms with van der Waals surface area (Å²) in [6.45, 7) is 8.04. The zero-order valence-electron chi connectivity index (χ0n) is 18.6. The van der Waals surface area contributed by atoms with Crippen LogP contribution in [0.3, 0.4) is 0 Å². The molecule has 0 aromatic heterocycles. The molecule has 180 valence electrons. The molecule has 1 N–H and O–H groups in total. The van der Waals surface area contributed by atoms with Gasteiger partial charge in [-0.2, -0.15) is 0 Å². The maximum absolute atomic E-state index is 12.6. The molecule has 2 unspecified atom stereocenters. The lowest BCUT2D eigenvalue weighted by molar-refractivity contribution is -0.162. The number of hydrogen-bond donors (Lipinski definition) is 1. The van der Waals surface area contributed by atoms with Gasteiger partial charge in [0.1, 0.15) is 25.1 Å². The van der Waals surface area contributed by atoms with Crippen LogP contribution >= 0.6 is 67.8 Å². The number of rotatable bonds is 12. The van der Waals surface area contributed by atoms with Crippen LogP contribution < -0.4 is 4.74 Å². The van der Waals surface area contributed by atoms with Gasteiger partial charge in [-0.1, -0.05) is 0 Å². The van der Waals surface area contributed by atoms with Crippen molar-refractivity contribution in [3.63, 3.8) is 0 Å². The third-order valence-corrected chi connectivity index (χ3v) is 7.08. The van der Waals surface area contributed by atoms with E-state index < -0.39 is 22.9 Å². The molecule has 0 radical (unpaired) electrons. The van der Waals surface area contributed by atoms with E-state index in [0.29, 0.717) is 6.61 Å². The number of aliphatic hydroxyl groups is 1. The van der Waals surface area contributed by atoms with Crippen LogP contribution in [0.2, 0.25) is 0 Å². The van der Waals surface area contributed by atoms with Crippen molar-refractivity contribution < 1.29 is 33.6 Å². The first-order valence-electron chi connectivity index (χ1n) is 10.2. The van der Waals surface area contributed by atoms with Gasteiger partial charge in [0, 0.05) is 9.99 Å². The molecular formula is C22H29I3O7. The number of halogens is 3. The molecule has 10 heteroatoms. The molecule has 0 spiro atoms. The Kier molecular flexibility index (Phi) is 10.8. The minimum atomic E-state index is -0.881. The van der Waals surface area contributed by atoms with Gasteiger partial charge in [-0.15, -0.1) is 0 Å². The van der Waals surface area contributed by atoms with Crippen LogP contribution in [0.5, 0.6) is 5.75 Å². The third-order valence-electron chi connectivity index (χ3n) is 4.86. The van der Waals surface area contributed by atoms with Crippen molar-refractivity contribution in [2.24, 2.45) is 10.8 Å². The number of benzene rings is 1. The Morgan fingerprint density at radius 1 is 1.09 bits per heavy atom. The molecule has 7 nitrogen and oxygen atoms in total. The molecule has 1 aliphatic rings. The van der Waals surface area contributed by atoms with Gasteiger partial charge >= 0.3 is 11.9 Å². The molecule has 32 heavy (non-hydrogen) atoms. The predicted molar refractivity (Wildman–Crippen MR) is 145 cm³/mol. The standard InChI is InChI=1S/C22H29I3O7/c1-21(2,12-22(3,4)20(28)32-11-15-10-30-15)19(27)29-6-5-14(26)9-31-18-16(24)7-13(23)8-17(18)25/h7-8,14-15,26H,5-6,9-12H2,1-4H3. The topological polar surface area (TPSA) is 94.6 Å². The molecule has 1 aromatic rings. The molecule has 1 heterocycles. The maximum Gasteiger partial charge on any atom is 0.311 e. The largest absolute Gasteiger partial charge is 0.489 e. The summed E-state index contributed by atoms with van der Waals surface area (Å²) >= 11 is 6.66. The van der Waals surface area contributed by atoms with Crippen LogP contribution in [-0.4, -0.2) is 55.7 Å². The summed E-state index contributed by atoms with van der Waals surface area (Å²) in [6, 6.07) is 4.01. The molecule has 1 aromatic carbocycles. The van der Waals surface area contributed by atoms with Crippen molar-refractivity contribution in [2.75, 3.05) is 26.4 Å². The SMILES string of the molecule is CC(C)(CC(C)(C)C(=O)OCC1CO1)C(=O)OCCC(O)COc1c(I)cc(I)cc1I. The van der Waals surface area contributed by atoms with E-state index in [0.717, 1.165) is 16.5 Å². The first-order valence-corrected chi connectivity index (χ1v) is 13.5. The first-order chi connectivity index (χ1) is 14.8. The Bertz CT molecular complexity index is 799. The van der Waals surface area contributed by atoms with Gasteiger partial charge in [-0.05, 0) is 114 Å². The Morgan fingerprint density at radius 2 is 1.62 bits per heavy atom. The van der Waals surface area contributed by atoms with Gasteiger partial charge in [0.15, 0.2) is 0 Å². The molecule has 2 rings (SSSR count). The Hall–Kier alpha value is 0.0700. The molecule has 0 aliphatic carbocycles. The zero-order valence-corrected chi connectivity index (χ0v) is 25.1. The van der Waals surface area contributed by atoms with Gasteiger partial charge in [0.05, 0.1) is 37.3 Å². The molecule has 1 aliphatic heterocycles. The average molecular weight is 786 g/mol. The van der Waals surface area contributed by atoms with Gasteiger partial charge in [0.25, 0.3) is 0 Å². The molecule has 1 fully saturated rings. The molecular weight excluding hydrogens is 757 g/mol. The second-order valence-corrected chi connectivity index (χ2v) is 12.7. The van der Waals surface area contributed by atoms with E-state index in [1.807, 2.05) is 12.1 Å². The van der Waals surface area contributed by atoms with Crippen molar-refractivity contribution in [3.05, 3.63) is 22.8 Å². The van der Waals surface area contributed by atoms with Crippen molar-refractivity contribution in [2.45, 2.75) is 52.7 Å². The van der Waals surface area contributed by atoms with Crippen molar-refractivity contribution in [3.8, 4) is 5.75 Å². The van der Waals surface area contributed by atoms with E-state index in [4.69, 9.17) is 18.9 Å². The fourth-order valence-electron chi connectivity index (χ4n) is 3.19. The van der Waals surface area contributed by atoms with E-state index in [1.165, 1.54) is 0 Å². The number of epoxide rings is 1. The molecule has 2 atom stereocenters. The third kappa shape index (κ3) is 9.02. The highest BCUT2D eigenvalue weighted by Crippen LogP contribution is 2.36. The molecule has 0 bridgehead atoms. The summed E-state index contributed by atoms with van der Waals surface area (Å²) in [7, 11) is 0. The van der Waals surface area contributed by atoms with Crippen LogP contribution in [0, 0.1) is 21.5 Å². The highest BCUT2D eigenvalue weighted by Gasteiger charge is 2.41. The summed E-state index contributed by atoms with van der Waals surface area (Å²) in [5.41, 5.74) is -1.72. The highest BCUT2D eigenvalue weighted by molar-refractivity contribution is 14.1. The summed E-state index contributed by atoms with van der Waals surface area (Å²) in [4.78, 5) is 25.0. The molecule has 0 amide bonds. The zero-order chi connectivity index (χ0) is 24.1. The number of hydrogen-bond acceptors (Lipinski definition) is 7. The molecule has 0 saturated carbocycles. The fraction of sp³-hybridized carbons (Fsp3) is 0.636. The normalized spacial score (nSPS) is 16.9. The van der Waals surface area contributed by atoms with Crippen molar-refractivity contribution in [1.82, 2.24) is 0 Å². The van der Waals surface area contributed by atoms with E-state index in [-0.39, 0.29) is 44.7 Å². The Labute approximate surface area is 230 Å². The van der Waals surface area contributed by atoms with E-state index in [9.17, 15) is 14.7 Å². The predicted octanol–water partition coefficient (Wildman–Crippen LogP) is 4.56. The average Bonchev–Trinajstić information content (AvgIpc) is 3.48. The Balaban J connectivity index is 1.76. The first kappa shape index (κ1) is 28.3. The monoisotopic (exact) mass is 786 g/mol.